The van der Waals surface area contributed by atoms with E-state index in [1.807, 2.05) is 60.7 Å². The molecule has 0 saturated carbocycles. The van der Waals surface area contributed by atoms with E-state index in [9.17, 15) is 0 Å². The smallest absolute Gasteiger partial charge is 0.160 e. The molecule has 3 rings (SSSR count). The summed E-state index contributed by atoms with van der Waals surface area (Å²) in [5, 5.41) is 0.692. The maximum absolute atomic E-state index is 5.92. The molecule has 22 heavy (non-hydrogen) atoms. The lowest BCUT2D eigenvalue weighted by Gasteiger charge is -2.07. The molecule has 0 bridgehead atoms. The second-order valence-corrected chi connectivity index (χ2v) is 5.08. The molecule has 0 aliphatic carbocycles. The Bertz CT molecular complexity index is 744. The normalized spacial score (nSPS) is 10.1. The standard InChI is InChI=1S/C17H14ClN3.ClH/c18-14-8-6-13(7-9-14)17-20-15(11-19)10-16(21-17)12-4-2-1-3-5-12;/h1-10H,11,19H2;1H. The summed E-state index contributed by atoms with van der Waals surface area (Å²) in [6.45, 7) is 0.378. The molecule has 1 aromatic heterocycles. The first-order valence-electron chi connectivity index (χ1n) is 6.65. The number of benzene rings is 2. The SMILES string of the molecule is Cl.NCc1cc(-c2ccccc2)nc(-c2ccc(Cl)cc2)n1. The van der Waals surface area contributed by atoms with Crippen LogP contribution in [-0.4, -0.2) is 9.97 Å². The Hall–Kier alpha value is -1.94. The highest BCUT2D eigenvalue weighted by molar-refractivity contribution is 6.30. The highest BCUT2D eigenvalue weighted by Gasteiger charge is 2.08. The number of halogens is 2. The van der Waals surface area contributed by atoms with Crippen molar-refractivity contribution in [2.24, 2.45) is 5.73 Å². The lowest BCUT2D eigenvalue weighted by atomic mass is 10.1. The topological polar surface area (TPSA) is 51.8 Å². The van der Waals surface area contributed by atoms with E-state index in [1.165, 1.54) is 0 Å². The fraction of sp³-hybridized carbons (Fsp3) is 0.0588. The zero-order valence-corrected chi connectivity index (χ0v) is 13.3. The van der Waals surface area contributed by atoms with Crippen molar-refractivity contribution in [3.05, 3.63) is 71.4 Å². The van der Waals surface area contributed by atoms with Crippen LogP contribution in [0, 0.1) is 0 Å². The summed E-state index contributed by atoms with van der Waals surface area (Å²) < 4.78 is 0. The van der Waals surface area contributed by atoms with Gasteiger partial charge in [0, 0.05) is 22.7 Å². The van der Waals surface area contributed by atoms with Crippen LogP contribution in [0.4, 0.5) is 0 Å². The second kappa shape index (κ2) is 7.36. The molecule has 5 heteroatoms. The molecule has 2 aromatic carbocycles. The van der Waals surface area contributed by atoms with Gasteiger partial charge in [-0.1, -0.05) is 41.9 Å². The van der Waals surface area contributed by atoms with Crippen molar-refractivity contribution in [1.29, 1.82) is 0 Å². The Morgan fingerprint density at radius 1 is 0.864 bits per heavy atom. The van der Waals surface area contributed by atoms with Crippen LogP contribution in [0.5, 0.6) is 0 Å². The van der Waals surface area contributed by atoms with Gasteiger partial charge in [0.05, 0.1) is 11.4 Å². The number of aromatic nitrogens is 2. The fourth-order valence-corrected chi connectivity index (χ4v) is 2.21. The van der Waals surface area contributed by atoms with Crippen LogP contribution in [0.15, 0.2) is 60.7 Å². The lowest BCUT2D eigenvalue weighted by Crippen LogP contribution is -2.03. The third-order valence-electron chi connectivity index (χ3n) is 3.16. The zero-order chi connectivity index (χ0) is 14.7. The van der Waals surface area contributed by atoms with Crippen molar-refractivity contribution < 1.29 is 0 Å². The summed E-state index contributed by atoms with van der Waals surface area (Å²) in [5.74, 6) is 0.661. The van der Waals surface area contributed by atoms with Crippen molar-refractivity contribution in [1.82, 2.24) is 9.97 Å². The molecule has 3 nitrogen and oxygen atoms in total. The molecule has 0 amide bonds. The van der Waals surface area contributed by atoms with Crippen LogP contribution < -0.4 is 5.73 Å². The van der Waals surface area contributed by atoms with Crippen molar-refractivity contribution in [3.8, 4) is 22.6 Å². The summed E-state index contributed by atoms with van der Waals surface area (Å²) >= 11 is 5.92. The van der Waals surface area contributed by atoms with Crippen LogP contribution in [0.1, 0.15) is 5.69 Å². The average molecular weight is 332 g/mol. The van der Waals surface area contributed by atoms with E-state index >= 15 is 0 Å². The van der Waals surface area contributed by atoms with Gasteiger partial charge in [-0.25, -0.2) is 9.97 Å². The minimum atomic E-state index is 0. The number of hydrogen-bond donors (Lipinski definition) is 1. The van der Waals surface area contributed by atoms with Crippen LogP contribution >= 0.6 is 24.0 Å². The van der Waals surface area contributed by atoms with E-state index in [2.05, 4.69) is 9.97 Å². The van der Waals surface area contributed by atoms with Crippen molar-refractivity contribution in [3.63, 3.8) is 0 Å². The van der Waals surface area contributed by atoms with Crippen molar-refractivity contribution in [2.75, 3.05) is 0 Å². The molecule has 0 fully saturated rings. The average Bonchev–Trinajstić information content (AvgIpc) is 2.56. The predicted molar refractivity (Wildman–Crippen MR) is 93.1 cm³/mol. The summed E-state index contributed by atoms with van der Waals surface area (Å²) in [6.07, 6.45) is 0. The van der Waals surface area contributed by atoms with Crippen molar-refractivity contribution >= 4 is 24.0 Å². The molecule has 0 radical (unpaired) electrons. The third-order valence-corrected chi connectivity index (χ3v) is 3.41. The molecule has 0 spiro atoms. The number of rotatable bonds is 3. The predicted octanol–water partition coefficient (Wildman–Crippen LogP) is 4.34. The molecular formula is C17H15Cl2N3. The van der Waals surface area contributed by atoms with Gasteiger partial charge in [-0.2, -0.15) is 0 Å². The number of hydrogen-bond acceptors (Lipinski definition) is 3. The van der Waals surface area contributed by atoms with Crippen LogP contribution in [-0.2, 0) is 6.54 Å². The molecule has 112 valence electrons. The van der Waals surface area contributed by atoms with Crippen LogP contribution in [0.2, 0.25) is 5.02 Å². The van der Waals surface area contributed by atoms with E-state index in [0.717, 1.165) is 22.5 Å². The highest BCUT2D eigenvalue weighted by atomic mass is 35.5. The highest BCUT2D eigenvalue weighted by Crippen LogP contribution is 2.23. The summed E-state index contributed by atoms with van der Waals surface area (Å²) in [4.78, 5) is 9.14. The molecule has 0 aliphatic rings. The Morgan fingerprint density at radius 2 is 1.55 bits per heavy atom. The van der Waals surface area contributed by atoms with E-state index in [0.29, 0.717) is 17.4 Å². The van der Waals surface area contributed by atoms with Gasteiger partial charge in [-0.3, -0.25) is 0 Å². The monoisotopic (exact) mass is 331 g/mol. The number of nitrogens with two attached hydrogens (primary N) is 1. The fourth-order valence-electron chi connectivity index (χ4n) is 2.09. The Labute approximate surface area is 140 Å². The van der Waals surface area contributed by atoms with Gasteiger partial charge < -0.3 is 5.73 Å². The first-order valence-corrected chi connectivity index (χ1v) is 7.03. The Balaban J connectivity index is 0.00000176. The third kappa shape index (κ3) is 3.63. The first kappa shape index (κ1) is 16.4. The molecule has 0 saturated heterocycles. The molecule has 2 N–H and O–H groups in total. The number of nitrogens with zero attached hydrogens (tertiary/aromatic N) is 2. The van der Waals surface area contributed by atoms with Crippen molar-refractivity contribution in [2.45, 2.75) is 6.54 Å². The van der Waals surface area contributed by atoms with Gasteiger partial charge in [-0.05, 0) is 30.3 Å². The summed E-state index contributed by atoms with van der Waals surface area (Å²) in [6, 6.07) is 19.4. The van der Waals surface area contributed by atoms with Gasteiger partial charge >= 0.3 is 0 Å². The van der Waals surface area contributed by atoms with E-state index in [-0.39, 0.29) is 12.4 Å². The van der Waals surface area contributed by atoms with E-state index < -0.39 is 0 Å². The molecule has 3 aromatic rings. The van der Waals surface area contributed by atoms with Crippen LogP contribution in [0.3, 0.4) is 0 Å². The van der Waals surface area contributed by atoms with Gasteiger partial charge in [-0.15, -0.1) is 12.4 Å². The molecule has 0 aliphatic heterocycles. The van der Waals surface area contributed by atoms with E-state index in [4.69, 9.17) is 17.3 Å². The summed E-state index contributed by atoms with van der Waals surface area (Å²) in [5.41, 5.74) is 9.41. The zero-order valence-electron chi connectivity index (χ0n) is 11.7. The van der Waals surface area contributed by atoms with Gasteiger partial charge in [0.1, 0.15) is 0 Å². The Kier molecular flexibility index (Phi) is 5.50. The van der Waals surface area contributed by atoms with Gasteiger partial charge in [0.2, 0.25) is 0 Å². The molecule has 0 atom stereocenters. The first-order chi connectivity index (χ1) is 10.3. The van der Waals surface area contributed by atoms with E-state index in [1.54, 1.807) is 0 Å². The molecule has 0 unspecified atom stereocenters. The Morgan fingerprint density at radius 3 is 2.18 bits per heavy atom. The summed E-state index contributed by atoms with van der Waals surface area (Å²) in [7, 11) is 0. The van der Waals surface area contributed by atoms with Gasteiger partial charge in [0.15, 0.2) is 5.82 Å². The maximum Gasteiger partial charge on any atom is 0.160 e. The van der Waals surface area contributed by atoms with Gasteiger partial charge in [0.25, 0.3) is 0 Å². The minimum Gasteiger partial charge on any atom is -0.325 e. The van der Waals surface area contributed by atoms with Crippen LogP contribution in [0.25, 0.3) is 22.6 Å². The maximum atomic E-state index is 5.92. The second-order valence-electron chi connectivity index (χ2n) is 4.65. The lowest BCUT2D eigenvalue weighted by molar-refractivity contribution is 0.972. The molecule has 1 heterocycles. The largest absolute Gasteiger partial charge is 0.325 e. The molecular weight excluding hydrogens is 317 g/mol. The quantitative estimate of drug-likeness (QED) is 0.776. The minimum absolute atomic E-state index is 0.